The second-order valence-corrected chi connectivity index (χ2v) is 6.04. The third-order valence-electron chi connectivity index (χ3n) is 2.59. The monoisotopic (exact) mass is 304 g/mol. The first-order chi connectivity index (χ1) is 9.60. The van der Waals surface area contributed by atoms with E-state index in [1.807, 2.05) is 6.92 Å². The van der Waals surface area contributed by atoms with Crippen LogP contribution < -0.4 is 10.0 Å². The first-order valence-corrected chi connectivity index (χ1v) is 8.45. The van der Waals surface area contributed by atoms with E-state index in [1.54, 1.807) is 6.07 Å². The molecule has 0 radical (unpaired) electrons. The van der Waals surface area contributed by atoms with Crippen LogP contribution in [0.3, 0.4) is 0 Å². The van der Waals surface area contributed by atoms with Gasteiger partial charge in [-0.3, -0.25) is 0 Å². The van der Waals surface area contributed by atoms with Crippen molar-refractivity contribution in [1.29, 1.82) is 0 Å². The normalized spacial score (nSPS) is 11.9. The number of hydrogen-bond donors (Lipinski definition) is 2. The van der Waals surface area contributed by atoms with Gasteiger partial charge in [-0.2, -0.15) is 0 Å². The molecule has 20 heavy (non-hydrogen) atoms. The molecule has 0 spiro atoms. The summed E-state index contributed by atoms with van der Waals surface area (Å²) in [5.74, 6) is 0.619. The molecule has 0 aliphatic rings. The molecule has 0 fully saturated rings. The maximum absolute atomic E-state index is 11.9. The minimum absolute atomic E-state index is 0.0396. The van der Waals surface area contributed by atoms with Crippen molar-refractivity contribution in [3.8, 4) is 0 Å². The minimum Gasteiger partial charge on any atom is -0.447 e. The summed E-state index contributed by atoms with van der Waals surface area (Å²) in [4.78, 5) is 0. The van der Waals surface area contributed by atoms with E-state index < -0.39 is 10.0 Å². The Bertz CT molecular complexity index is 470. The molecule has 1 aromatic rings. The molecule has 0 unspecified atom stereocenters. The molecule has 7 heteroatoms. The molecule has 1 rings (SSSR count). The number of furan rings is 1. The van der Waals surface area contributed by atoms with Crippen LogP contribution in [0.2, 0.25) is 0 Å². The average molecular weight is 304 g/mol. The Morgan fingerprint density at radius 3 is 2.75 bits per heavy atom. The molecule has 0 bridgehead atoms. The summed E-state index contributed by atoms with van der Waals surface area (Å²) >= 11 is 0. The Balaban J connectivity index is 2.42. The Labute approximate surface area is 120 Å². The maximum atomic E-state index is 11.9. The van der Waals surface area contributed by atoms with Gasteiger partial charge in [0.15, 0.2) is 0 Å². The van der Waals surface area contributed by atoms with Crippen LogP contribution in [0.25, 0.3) is 0 Å². The highest BCUT2D eigenvalue weighted by atomic mass is 32.2. The van der Waals surface area contributed by atoms with E-state index in [1.165, 1.54) is 6.07 Å². The van der Waals surface area contributed by atoms with Crippen LogP contribution in [0.1, 0.15) is 32.4 Å². The van der Waals surface area contributed by atoms with Crippen molar-refractivity contribution < 1.29 is 17.6 Å². The number of ether oxygens (including phenoxy) is 1. The van der Waals surface area contributed by atoms with Gasteiger partial charge in [0.25, 0.3) is 10.0 Å². The van der Waals surface area contributed by atoms with E-state index in [0.29, 0.717) is 38.5 Å². The van der Waals surface area contributed by atoms with E-state index in [-0.39, 0.29) is 5.09 Å². The van der Waals surface area contributed by atoms with Gasteiger partial charge in [-0.1, -0.05) is 6.92 Å². The van der Waals surface area contributed by atoms with Gasteiger partial charge in [0.1, 0.15) is 5.76 Å². The zero-order chi connectivity index (χ0) is 14.8. The number of nitrogens with one attached hydrogen (secondary N) is 2. The van der Waals surface area contributed by atoms with Crippen LogP contribution in [0.5, 0.6) is 0 Å². The quantitative estimate of drug-likeness (QED) is 0.605. The van der Waals surface area contributed by atoms with E-state index in [0.717, 1.165) is 13.0 Å². The average Bonchev–Trinajstić information content (AvgIpc) is 2.88. The highest BCUT2D eigenvalue weighted by Crippen LogP contribution is 2.13. The second kappa shape index (κ2) is 9.12. The first kappa shape index (κ1) is 17.2. The van der Waals surface area contributed by atoms with Crippen molar-refractivity contribution in [1.82, 2.24) is 10.0 Å². The number of rotatable bonds is 11. The van der Waals surface area contributed by atoms with Gasteiger partial charge in [0.2, 0.25) is 5.09 Å². The summed E-state index contributed by atoms with van der Waals surface area (Å²) in [5, 5.41) is 3.12. The molecule has 0 saturated heterocycles. The van der Waals surface area contributed by atoms with Crippen molar-refractivity contribution >= 4 is 10.0 Å². The zero-order valence-electron chi connectivity index (χ0n) is 12.1. The van der Waals surface area contributed by atoms with Crippen LogP contribution >= 0.6 is 0 Å². The Hall–Kier alpha value is -0.890. The van der Waals surface area contributed by atoms with E-state index >= 15 is 0 Å². The molecule has 116 valence electrons. The Morgan fingerprint density at radius 2 is 2.05 bits per heavy atom. The van der Waals surface area contributed by atoms with Gasteiger partial charge < -0.3 is 14.5 Å². The predicted molar refractivity (Wildman–Crippen MR) is 77.0 cm³/mol. The van der Waals surface area contributed by atoms with Crippen molar-refractivity contribution in [2.24, 2.45) is 0 Å². The highest BCUT2D eigenvalue weighted by Gasteiger charge is 2.17. The van der Waals surface area contributed by atoms with E-state index in [4.69, 9.17) is 9.15 Å². The van der Waals surface area contributed by atoms with Crippen molar-refractivity contribution in [3.63, 3.8) is 0 Å². The molecule has 0 saturated carbocycles. The minimum atomic E-state index is -3.56. The molecular formula is C13H24N2O4S. The Morgan fingerprint density at radius 1 is 1.25 bits per heavy atom. The van der Waals surface area contributed by atoms with Crippen LogP contribution in [0.4, 0.5) is 0 Å². The summed E-state index contributed by atoms with van der Waals surface area (Å²) in [7, 11) is -3.56. The highest BCUT2D eigenvalue weighted by molar-refractivity contribution is 7.89. The molecule has 0 aromatic carbocycles. The van der Waals surface area contributed by atoms with E-state index in [9.17, 15) is 8.42 Å². The molecule has 0 aliphatic carbocycles. The zero-order valence-corrected chi connectivity index (χ0v) is 13.0. The molecule has 1 aromatic heterocycles. The van der Waals surface area contributed by atoms with Gasteiger partial charge in [0.05, 0.1) is 6.54 Å². The lowest BCUT2D eigenvalue weighted by molar-refractivity contribution is 0.146. The van der Waals surface area contributed by atoms with Crippen molar-refractivity contribution in [2.45, 2.75) is 38.3 Å². The third-order valence-corrected chi connectivity index (χ3v) is 3.92. The maximum Gasteiger partial charge on any atom is 0.273 e. The lowest BCUT2D eigenvalue weighted by Crippen LogP contribution is -2.25. The van der Waals surface area contributed by atoms with Gasteiger partial charge in [0, 0.05) is 19.8 Å². The molecule has 0 amide bonds. The van der Waals surface area contributed by atoms with Gasteiger partial charge in [-0.15, -0.1) is 0 Å². The smallest absolute Gasteiger partial charge is 0.273 e. The number of hydrogen-bond acceptors (Lipinski definition) is 5. The Kier molecular flexibility index (Phi) is 7.83. The van der Waals surface area contributed by atoms with Crippen LogP contribution in [0, 0.1) is 0 Å². The largest absolute Gasteiger partial charge is 0.447 e. The van der Waals surface area contributed by atoms with Crippen LogP contribution in [-0.2, 0) is 21.3 Å². The fourth-order valence-corrected chi connectivity index (χ4v) is 2.60. The SMILES string of the molecule is CCCNCc1ccc(S(=O)(=O)NCCCOCC)o1. The lowest BCUT2D eigenvalue weighted by atomic mass is 10.4. The van der Waals surface area contributed by atoms with Gasteiger partial charge in [-0.25, -0.2) is 13.1 Å². The van der Waals surface area contributed by atoms with E-state index in [2.05, 4.69) is 17.0 Å². The summed E-state index contributed by atoms with van der Waals surface area (Å²) < 4.78 is 36.9. The topological polar surface area (TPSA) is 80.6 Å². The summed E-state index contributed by atoms with van der Waals surface area (Å²) in [6.07, 6.45) is 1.66. The predicted octanol–water partition coefficient (Wildman–Crippen LogP) is 1.48. The lowest BCUT2D eigenvalue weighted by Gasteiger charge is -2.04. The van der Waals surface area contributed by atoms with Gasteiger partial charge in [-0.05, 0) is 38.4 Å². The third kappa shape index (κ3) is 6.04. The molecule has 2 N–H and O–H groups in total. The van der Waals surface area contributed by atoms with Gasteiger partial charge >= 0.3 is 0 Å². The molecule has 0 aliphatic heterocycles. The van der Waals surface area contributed by atoms with Crippen molar-refractivity contribution in [3.05, 3.63) is 17.9 Å². The van der Waals surface area contributed by atoms with Crippen molar-refractivity contribution in [2.75, 3.05) is 26.3 Å². The molecule has 6 nitrogen and oxygen atoms in total. The van der Waals surface area contributed by atoms with Crippen LogP contribution in [0.15, 0.2) is 21.6 Å². The summed E-state index contributed by atoms with van der Waals surface area (Å²) in [6, 6.07) is 3.16. The summed E-state index contributed by atoms with van der Waals surface area (Å²) in [6.45, 7) is 6.90. The molecular weight excluding hydrogens is 280 g/mol. The second-order valence-electron chi connectivity index (χ2n) is 4.35. The fourth-order valence-electron chi connectivity index (χ4n) is 1.58. The molecule has 1 heterocycles. The summed E-state index contributed by atoms with van der Waals surface area (Å²) in [5.41, 5.74) is 0. The molecule has 0 atom stereocenters. The fraction of sp³-hybridized carbons (Fsp3) is 0.692. The first-order valence-electron chi connectivity index (χ1n) is 6.97. The van der Waals surface area contributed by atoms with Crippen LogP contribution in [-0.4, -0.2) is 34.7 Å². The number of sulfonamides is 1. The standard InChI is InChI=1S/C13H24N2O4S/c1-3-8-14-11-12-6-7-13(19-12)20(16,17)15-9-5-10-18-4-2/h6-7,14-15H,3-5,8-11H2,1-2H3.